The topological polar surface area (TPSA) is 40.6 Å². The van der Waals surface area contributed by atoms with Crippen LogP contribution in [0.25, 0.3) is 5.57 Å². The Hall–Kier alpha value is -3.73. The van der Waals surface area contributed by atoms with Crippen molar-refractivity contribution in [3.8, 4) is 0 Å². The van der Waals surface area contributed by atoms with Crippen LogP contribution in [0.5, 0.6) is 0 Å². The molecule has 3 aromatic carbocycles. The second-order valence-corrected chi connectivity index (χ2v) is 7.51. The van der Waals surface area contributed by atoms with Gasteiger partial charge in [0.15, 0.2) is 0 Å². The summed E-state index contributed by atoms with van der Waals surface area (Å²) < 4.78 is 13.4. The zero-order valence-corrected chi connectivity index (χ0v) is 17.5. The number of nitrogens with zero attached hydrogens (tertiary/aromatic N) is 2. The van der Waals surface area contributed by atoms with Gasteiger partial charge in [-0.1, -0.05) is 60.2 Å². The molecule has 5 heteroatoms. The lowest BCUT2D eigenvalue weighted by molar-refractivity contribution is -0.120. The summed E-state index contributed by atoms with van der Waals surface area (Å²) in [6.45, 7) is 4.98. The van der Waals surface area contributed by atoms with Crippen LogP contribution in [0.4, 0.5) is 10.1 Å². The predicted octanol–water partition coefficient (Wildman–Crippen LogP) is 4.94. The van der Waals surface area contributed by atoms with Gasteiger partial charge in [-0.05, 0) is 49.2 Å². The lowest BCUT2D eigenvalue weighted by Crippen LogP contribution is -2.35. The van der Waals surface area contributed by atoms with Gasteiger partial charge in [0, 0.05) is 13.1 Å². The third kappa shape index (κ3) is 3.99. The maximum absolute atomic E-state index is 13.6. The molecule has 1 aliphatic heterocycles. The Morgan fingerprint density at radius 1 is 0.839 bits per heavy atom. The summed E-state index contributed by atoms with van der Waals surface area (Å²) in [5.74, 6) is -1.22. The fraction of sp³-hybridized carbons (Fsp3) is 0.154. The number of rotatable bonds is 6. The molecule has 1 aliphatic rings. The van der Waals surface area contributed by atoms with Crippen molar-refractivity contribution in [1.82, 2.24) is 4.90 Å². The van der Waals surface area contributed by atoms with E-state index in [0.29, 0.717) is 35.6 Å². The zero-order chi connectivity index (χ0) is 22.0. The molecule has 0 N–H and O–H groups in total. The van der Waals surface area contributed by atoms with Crippen molar-refractivity contribution in [2.24, 2.45) is 0 Å². The van der Waals surface area contributed by atoms with Crippen LogP contribution >= 0.6 is 0 Å². The maximum atomic E-state index is 13.6. The normalized spacial score (nSPS) is 13.8. The van der Waals surface area contributed by atoms with Crippen molar-refractivity contribution >= 4 is 23.1 Å². The summed E-state index contributed by atoms with van der Waals surface area (Å²) in [5.41, 5.74) is 3.88. The number of hydrogen-bond acceptors (Lipinski definition) is 3. The number of hydrogen-bond donors (Lipinski definition) is 0. The van der Waals surface area contributed by atoms with Crippen LogP contribution in [0.2, 0.25) is 0 Å². The molecule has 0 fully saturated rings. The summed E-state index contributed by atoms with van der Waals surface area (Å²) in [7, 11) is 0. The number of anilines is 1. The van der Waals surface area contributed by atoms with E-state index in [4.69, 9.17) is 0 Å². The van der Waals surface area contributed by atoms with Crippen LogP contribution in [-0.2, 0) is 16.1 Å². The number of halogens is 1. The van der Waals surface area contributed by atoms with Crippen molar-refractivity contribution in [2.45, 2.75) is 20.4 Å². The Kier molecular flexibility index (Phi) is 5.67. The highest BCUT2D eigenvalue weighted by Gasteiger charge is 2.42. The van der Waals surface area contributed by atoms with E-state index in [1.807, 2.05) is 73.3 Å². The number of carbonyl (C=O) groups excluding carboxylic acids is 2. The molecule has 0 unspecified atom stereocenters. The standard InChI is InChI=1S/C26H23FN2O2/c1-3-28(17-19-7-5-4-6-8-19)24-23(20-11-9-18(2)10-12-20)25(30)29(26(24)31)22-15-13-21(27)14-16-22/h4-16H,3,17H2,1-2H3. The third-order valence-electron chi connectivity index (χ3n) is 5.40. The number of benzene rings is 3. The Morgan fingerprint density at radius 3 is 2.10 bits per heavy atom. The summed E-state index contributed by atoms with van der Waals surface area (Å²) in [4.78, 5) is 30.1. The highest BCUT2D eigenvalue weighted by molar-refractivity contribution is 6.45. The summed E-state index contributed by atoms with van der Waals surface area (Å²) in [6.07, 6.45) is 0. The highest BCUT2D eigenvalue weighted by Crippen LogP contribution is 2.35. The Bertz CT molecular complexity index is 1140. The van der Waals surface area contributed by atoms with Gasteiger partial charge in [0.1, 0.15) is 11.5 Å². The number of amides is 2. The van der Waals surface area contributed by atoms with Crippen molar-refractivity contribution in [2.75, 3.05) is 11.4 Å². The molecule has 1 heterocycles. The van der Waals surface area contributed by atoms with Crippen LogP contribution < -0.4 is 4.90 Å². The van der Waals surface area contributed by atoms with Crippen LogP contribution in [-0.4, -0.2) is 23.3 Å². The quantitative estimate of drug-likeness (QED) is 0.537. The lowest BCUT2D eigenvalue weighted by Gasteiger charge is -2.25. The van der Waals surface area contributed by atoms with E-state index in [2.05, 4.69) is 0 Å². The first-order valence-electron chi connectivity index (χ1n) is 10.2. The van der Waals surface area contributed by atoms with Gasteiger partial charge >= 0.3 is 0 Å². The van der Waals surface area contributed by atoms with Gasteiger partial charge in [0.2, 0.25) is 0 Å². The molecule has 0 atom stereocenters. The molecule has 4 rings (SSSR count). The average Bonchev–Trinajstić information content (AvgIpc) is 3.04. The van der Waals surface area contributed by atoms with Gasteiger partial charge in [0.25, 0.3) is 11.8 Å². The van der Waals surface area contributed by atoms with Crippen molar-refractivity contribution in [3.63, 3.8) is 0 Å². The fourth-order valence-electron chi connectivity index (χ4n) is 3.77. The molecular weight excluding hydrogens is 391 g/mol. The molecule has 0 radical (unpaired) electrons. The first kappa shape index (κ1) is 20.5. The van der Waals surface area contributed by atoms with Crippen molar-refractivity contribution in [1.29, 1.82) is 0 Å². The first-order valence-corrected chi connectivity index (χ1v) is 10.2. The smallest absolute Gasteiger partial charge is 0.282 e. The Balaban J connectivity index is 1.82. The number of imide groups is 1. The van der Waals surface area contributed by atoms with E-state index in [1.165, 1.54) is 24.3 Å². The van der Waals surface area contributed by atoms with Gasteiger partial charge in [-0.15, -0.1) is 0 Å². The molecule has 2 amide bonds. The van der Waals surface area contributed by atoms with Gasteiger partial charge < -0.3 is 4.90 Å². The number of aryl methyl sites for hydroxylation is 1. The van der Waals surface area contributed by atoms with Crippen molar-refractivity contribution in [3.05, 3.63) is 107 Å². The van der Waals surface area contributed by atoms with E-state index < -0.39 is 17.6 Å². The van der Waals surface area contributed by atoms with Gasteiger partial charge in [0.05, 0.1) is 11.3 Å². The number of carbonyl (C=O) groups is 2. The van der Waals surface area contributed by atoms with E-state index in [1.54, 1.807) is 0 Å². The molecule has 3 aromatic rings. The van der Waals surface area contributed by atoms with Gasteiger partial charge in [-0.25, -0.2) is 9.29 Å². The fourth-order valence-corrected chi connectivity index (χ4v) is 3.77. The molecule has 0 aliphatic carbocycles. The minimum atomic E-state index is -0.422. The molecule has 0 aromatic heterocycles. The van der Waals surface area contributed by atoms with Crippen molar-refractivity contribution < 1.29 is 14.0 Å². The van der Waals surface area contributed by atoms with Gasteiger partial charge in [-0.3, -0.25) is 9.59 Å². The molecular formula is C26H23FN2O2. The summed E-state index contributed by atoms with van der Waals surface area (Å²) in [6, 6.07) is 22.8. The molecule has 0 spiro atoms. The molecule has 0 saturated heterocycles. The minimum absolute atomic E-state index is 0.353. The molecule has 31 heavy (non-hydrogen) atoms. The number of likely N-dealkylation sites (N-methyl/N-ethyl adjacent to an activating group) is 1. The third-order valence-corrected chi connectivity index (χ3v) is 5.40. The first-order chi connectivity index (χ1) is 15.0. The van der Waals surface area contributed by atoms with Crippen LogP contribution in [0, 0.1) is 12.7 Å². The maximum Gasteiger partial charge on any atom is 0.282 e. The van der Waals surface area contributed by atoms with Gasteiger partial charge in [-0.2, -0.15) is 0 Å². The van der Waals surface area contributed by atoms with Crippen LogP contribution in [0.15, 0.2) is 84.6 Å². The van der Waals surface area contributed by atoms with E-state index >= 15 is 0 Å². The SMILES string of the molecule is CCN(Cc1ccccc1)C1=C(c2ccc(C)cc2)C(=O)N(c2ccc(F)cc2)C1=O. The summed E-state index contributed by atoms with van der Waals surface area (Å²) >= 11 is 0. The van der Waals surface area contributed by atoms with Crippen LogP contribution in [0.3, 0.4) is 0 Å². The molecule has 156 valence electrons. The zero-order valence-electron chi connectivity index (χ0n) is 17.5. The predicted molar refractivity (Wildman–Crippen MR) is 120 cm³/mol. The Labute approximate surface area is 181 Å². The van der Waals surface area contributed by atoms with Crippen LogP contribution in [0.1, 0.15) is 23.6 Å². The second kappa shape index (κ2) is 8.56. The van der Waals surface area contributed by atoms with E-state index in [-0.39, 0.29) is 0 Å². The monoisotopic (exact) mass is 414 g/mol. The molecule has 4 nitrogen and oxygen atoms in total. The lowest BCUT2D eigenvalue weighted by atomic mass is 10.0. The Morgan fingerprint density at radius 2 is 1.48 bits per heavy atom. The summed E-state index contributed by atoms with van der Waals surface area (Å²) in [5, 5.41) is 0. The molecule has 0 saturated carbocycles. The highest BCUT2D eigenvalue weighted by atomic mass is 19.1. The minimum Gasteiger partial charge on any atom is -0.362 e. The molecule has 0 bridgehead atoms. The second-order valence-electron chi connectivity index (χ2n) is 7.51. The average molecular weight is 414 g/mol. The van der Waals surface area contributed by atoms with E-state index in [0.717, 1.165) is 16.0 Å². The van der Waals surface area contributed by atoms with E-state index in [9.17, 15) is 14.0 Å². The largest absolute Gasteiger partial charge is 0.362 e.